The average Bonchev–Trinajstić information content (AvgIpc) is 3.79. The molecule has 0 unspecified atom stereocenters. The van der Waals surface area contributed by atoms with Crippen LogP contribution in [-0.4, -0.2) is 0 Å². The summed E-state index contributed by atoms with van der Waals surface area (Å²) in [5.41, 5.74) is 20.6. The van der Waals surface area contributed by atoms with E-state index in [1.54, 1.807) is 0 Å². The van der Waals surface area contributed by atoms with Crippen LogP contribution in [0.4, 0.5) is 17.1 Å². The quantitative estimate of drug-likeness (QED) is 0.163. The van der Waals surface area contributed by atoms with Gasteiger partial charge in [-0.3, -0.25) is 0 Å². The Kier molecular flexibility index (Phi) is 7.83. The van der Waals surface area contributed by atoms with Crippen molar-refractivity contribution < 1.29 is 0 Å². The van der Waals surface area contributed by atoms with Gasteiger partial charge in [-0.15, -0.1) is 0 Å². The lowest BCUT2D eigenvalue weighted by Gasteiger charge is -2.33. The van der Waals surface area contributed by atoms with Crippen molar-refractivity contribution in [3.63, 3.8) is 0 Å². The van der Waals surface area contributed by atoms with Crippen LogP contribution in [0.15, 0.2) is 237 Å². The number of nitrogens with zero attached hydrogens (tertiary/aromatic N) is 1. The molecule has 0 N–H and O–H groups in total. The van der Waals surface area contributed by atoms with Crippen LogP contribution in [0.25, 0.3) is 66.4 Å². The highest BCUT2D eigenvalue weighted by molar-refractivity contribution is 6.06. The smallest absolute Gasteiger partial charge is 0.0726 e. The van der Waals surface area contributed by atoms with Crippen molar-refractivity contribution in [2.75, 3.05) is 4.90 Å². The normalized spacial score (nSPS) is 12.8. The zero-order chi connectivity index (χ0) is 39.6. The third-order valence-electron chi connectivity index (χ3n) is 12.9. The van der Waals surface area contributed by atoms with E-state index in [4.69, 9.17) is 0 Å². The molecule has 0 saturated heterocycles. The van der Waals surface area contributed by atoms with Gasteiger partial charge in [0.1, 0.15) is 0 Å². The van der Waals surface area contributed by atoms with Gasteiger partial charge < -0.3 is 4.90 Å². The number of benzene rings is 10. The molecular formula is C59H39N. The van der Waals surface area contributed by atoms with E-state index in [-0.39, 0.29) is 0 Å². The van der Waals surface area contributed by atoms with Crippen molar-refractivity contribution in [1.29, 1.82) is 0 Å². The van der Waals surface area contributed by atoms with Crippen molar-refractivity contribution >= 4 is 27.8 Å². The fraction of sp³-hybridized carbons (Fsp3) is 0.0169. The van der Waals surface area contributed by atoms with Crippen LogP contribution in [0, 0.1) is 0 Å². The Morgan fingerprint density at radius 1 is 0.283 bits per heavy atom. The molecule has 0 bridgehead atoms. The molecule has 12 rings (SSSR count). The van der Waals surface area contributed by atoms with Gasteiger partial charge in [-0.2, -0.15) is 0 Å². The minimum Gasteiger partial charge on any atom is -0.310 e. The molecule has 1 spiro atoms. The van der Waals surface area contributed by atoms with Crippen LogP contribution < -0.4 is 4.90 Å². The Labute approximate surface area is 351 Å². The Bertz CT molecular complexity index is 3210. The van der Waals surface area contributed by atoms with E-state index in [0.29, 0.717) is 0 Å². The van der Waals surface area contributed by atoms with Gasteiger partial charge >= 0.3 is 0 Å². The molecule has 10 aromatic rings. The van der Waals surface area contributed by atoms with Crippen LogP contribution >= 0.6 is 0 Å². The summed E-state index contributed by atoms with van der Waals surface area (Å²) in [6.07, 6.45) is 0. The van der Waals surface area contributed by atoms with Gasteiger partial charge in [-0.05, 0) is 113 Å². The zero-order valence-electron chi connectivity index (χ0n) is 33.0. The van der Waals surface area contributed by atoms with Gasteiger partial charge in [0.2, 0.25) is 0 Å². The highest BCUT2D eigenvalue weighted by Crippen LogP contribution is 2.63. The third-order valence-corrected chi connectivity index (χ3v) is 12.9. The maximum Gasteiger partial charge on any atom is 0.0726 e. The lowest BCUT2D eigenvalue weighted by Crippen LogP contribution is -2.26. The van der Waals surface area contributed by atoms with Crippen LogP contribution in [0.1, 0.15) is 22.3 Å². The van der Waals surface area contributed by atoms with E-state index in [9.17, 15) is 0 Å². The van der Waals surface area contributed by atoms with Gasteiger partial charge in [-0.25, -0.2) is 0 Å². The molecule has 60 heavy (non-hydrogen) atoms. The maximum absolute atomic E-state index is 2.51. The molecule has 0 aliphatic heterocycles. The second-order valence-corrected chi connectivity index (χ2v) is 16.0. The van der Waals surface area contributed by atoms with Gasteiger partial charge in [0.05, 0.1) is 11.1 Å². The summed E-state index contributed by atoms with van der Waals surface area (Å²) in [4.78, 5) is 2.51. The van der Waals surface area contributed by atoms with Crippen LogP contribution in [-0.2, 0) is 5.41 Å². The summed E-state index contributed by atoms with van der Waals surface area (Å²) in [7, 11) is 0. The minimum absolute atomic E-state index is 0.455. The molecule has 10 aromatic carbocycles. The molecule has 0 atom stereocenters. The van der Waals surface area contributed by atoms with Crippen molar-refractivity contribution in [3.05, 3.63) is 259 Å². The molecule has 2 aliphatic carbocycles. The van der Waals surface area contributed by atoms with E-state index in [0.717, 1.165) is 17.1 Å². The number of hydrogen-bond acceptors (Lipinski definition) is 1. The van der Waals surface area contributed by atoms with Gasteiger partial charge in [0.15, 0.2) is 0 Å². The largest absolute Gasteiger partial charge is 0.310 e. The molecule has 0 amide bonds. The molecule has 1 heteroatoms. The number of hydrogen-bond donors (Lipinski definition) is 0. The molecule has 0 aromatic heterocycles. The summed E-state index contributed by atoms with van der Waals surface area (Å²) in [5.74, 6) is 0. The fourth-order valence-corrected chi connectivity index (χ4v) is 10.4. The first-order chi connectivity index (χ1) is 29.8. The van der Waals surface area contributed by atoms with Crippen molar-refractivity contribution in [3.8, 4) is 55.6 Å². The highest BCUT2D eigenvalue weighted by atomic mass is 15.1. The first kappa shape index (κ1) is 34.3. The Morgan fingerprint density at radius 2 is 0.767 bits per heavy atom. The maximum atomic E-state index is 2.51. The molecule has 1 nitrogen and oxygen atoms in total. The van der Waals surface area contributed by atoms with E-state index in [1.807, 2.05) is 0 Å². The lowest BCUT2D eigenvalue weighted by atomic mass is 9.70. The van der Waals surface area contributed by atoms with Crippen molar-refractivity contribution in [2.45, 2.75) is 5.41 Å². The topological polar surface area (TPSA) is 3.24 Å². The standard InChI is InChI=1S/C59H39N/c1-3-18-40(19-4-1)46-25-9-10-26-47(46)43-23-17-24-44(38-43)60(57-37-34-41-20-7-8-27-48(41)58(57)42-21-5-2-6-22-42)45-35-36-52-51-30-13-16-33-55(51)59(56(52)39-45)53-31-14-11-28-49(53)50-29-12-15-32-54(50)59/h1-39H. The molecule has 0 saturated carbocycles. The molecular weight excluding hydrogens is 723 g/mol. The predicted octanol–water partition coefficient (Wildman–Crippen LogP) is 15.7. The van der Waals surface area contributed by atoms with Crippen LogP contribution in [0.3, 0.4) is 0 Å². The first-order valence-corrected chi connectivity index (χ1v) is 20.8. The molecule has 0 radical (unpaired) electrons. The monoisotopic (exact) mass is 761 g/mol. The lowest BCUT2D eigenvalue weighted by molar-refractivity contribution is 0.793. The fourth-order valence-electron chi connectivity index (χ4n) is 10.4. The summed E-state index contributed by atoms with van der Waals surface area (Å²) >= 11 is 0. The molecule has 0 heterocycles. The second kappa shape index (κ2) is 13.7. The van der Waals surface area contributed by atoms with Crippen LogP contribution in [0.2, 0.25) is 0 Å². The van der Waals surface area contributed by atoms with Crippen LogP contribution in [0.5, 0.6) is 0 Å². The van der Waals surface area contributed by atoms with Crippen molar-refractivity contribution in [1.82, 2.24) is 0 Å². The highest BCUT2D eigenvalue weighted by Gasteiger charge is 2.51. The second-order valence-electron chi connectivity index (χ2n) is 16.0. The van der Waals surface area contributed by atoms with Gasteiger partial charge in [0.25, 0.3) is 0 Å². The minimum atomic E-state index is -0.455. The Morgan fingerprint density at radius 3 is 1.42 bits per heavy atom. The molecule has 2 aliphatic rings. The van der Waals surface area contributed by atoms with Gasteiger partial charge in [0, 0.05) is 16.9 Å². The third kappa shape index (κ3) is 5.06. The SMILES string of the molecule is c1ccc(-c2ccccc2-c2cccc(N(c3ccc4c(c3)C3(c5ccccc5-c5ccccc53)c3ccccc3-4)c3ccc4ccccc4c3-c3ccccc3)c2)cc1. The van der Waals surface area contributed by atoms with Crippen molar-refractivity contribution in [2.24, 2.45) is 0 Å². The van der Waals surface area contributed by atoms with E-state index in [2.05, 4.69) is 241 Å². The Hall–Kier alpha value is -7.74. The Balaban J connectivity index is 1.15. The average molecular weight is 762 g/mol. The molecule has 280 valence electrons. The number of fused-ring (bicyclic) bond motifs is 11. The summed E-state index contributed by atoms with van der Waals surface area (Å²) < 4.78 is 0. The number of rotatable bonds is 6. The summed E-state index contributed by atoms with van der Waals surface area (Å²) in [5, 5.41) is 2.44. The van der Waals surface area contributed by atoms with E-state index < -0.39 is 5.41 Å². The van der Waals surface area contributed by atoms with Gasteiger partial charge in [-0.1, -0.05) is 206 Å². The predicted molar refractivity (Wildman–Crippen MR) is 251 cm³/mol. The van der Waals surface area contributed by atoms with E-state index >= 15 is 0 Å². The zero-order valence-corrected chi connectivity index (χ0v) is 33.0. The first-order valence-electron chi connectivity index (χ1n) is 20.8. The number of anilines is 3. The summed E-state index contributed by atoms with van der Waals surface area (Å²) in [6.45, 7) is 0. The molecule has 0 fully saturated rings. The summed E-state index contributed by atoms with van der Waals surface area (Å²) in [6, 6.07) is 87.4. The van der Waals surface area contributed by atoms with E-state index in [1.165, 1.54) is 88.7 Å².